The maximum atomic E-state index is 13.5. The van der Waals surface area contributed by atoms with Crippen molar-refractivity contribution < 1.29 is 13.9 Å². The fourth-order valence-corrected chi connectivity index (χ4v) is 2.47. The van der Waals surface area contributed by atoms with Crippen LogP contribution in [0.25, 0.3) is 0 Å². The summed E-state index contributed by atoms with van der Waals surface area (Å²) in [6, 6.07) is 7.82. The fourth-order valence-electron chi connectivity index (χ4n) is 1.60. The molecule has 0 amide bonds. The zero-order valence-corrected chi connectivity index (χ0v) is 11.3. The molecule has 0 saturated heterocycles. The normalized spacial score (nSPS) is 10.4. The number of anilines is 1. The maximum Gasteiger partial charge on any atom is 0.341 e. The number of esters is 1. The van der Waals surface area contributed by atoms with Gasteiger partial charge in [-0.1, -0.05) is 6.92 Å². The molecule has 0 unspecified atom stereocenters. The smallest absolute Gasteiger partial charge is 0.341 e. The largest absolute Gasteiger partial charge is 0.456 e. The van der Waals surface area contributed by atoms with Crippen LogP contribution in [0.2, 0.25) is 0 Å². The van der Waals surface area contributed by atoms with E-state index in [0.717, 1.165) is 17.4 Å². The van der Waals surface area contributed by atoms with Crippen LogP contribution in [0.1, 0.15) is 27.0 Å². The Hall–Kier alpha value is -1.88. The van der Waals surface area contributed by atoms with E-state index in [0.29, 0.717) is 0 Å². The molecule has 1 aromatic heterocycles. The molecule has 0 aliphatic carbocycles. The molecule has 0 aliphatic rings. The van der Waals surface area contributed by atoms with E-state index in [9.17, 15) is 9.18 Å². The Kier molecular flexibility index (Phi) is 4.16. The van der Waals surface area contributed by atoms with Gasteiger partial charge in [0.2, 0.25) is 0 Å². The number of nitrogens with two attached hydrogens (primary N) is 1. The molecule has 5 heteroatoms. The van der Waals surface area contributed by atoms with Gasteiger partial charge in [-0.15, -0.1) is 11.3 Å². The second kappa shape index (κ2) is 5.84. The number of ether oxygens (including phenoxy) is 1. The number of benzene rings is 1. The van der Waals surface area contributed by atoms with Gasteiger partial charge in [-0.2, -0.15) is 0 Å². The number of carbonyl (C=O) groups excluding carboxylic acids is 1. The van der Waals surface area contributed by atoms with Crippen molar-refractivity contribution in [3.63, 3.8) is 0 Å². The molecule has 0 spiro atoms. The van der Waals surface area contributed by atoms with Crippen molar-refractivity contribution in [3.8, 4) is 0 Å². The topological polar surface area (TPSA) is 52.3 Å². The Bertz CT molecular complexity index is 595. The van der Waals surface area contributed by atoms with E-state index in [1.807, 2.05) is 12.1 Å². The molecule has 1 aromatic carbocycles. The Labute approximate surface area is 114 Å². The summed E-state index contributed by atoms with van der Waals surface area (Å²) in [4.78, 5) is 13.9. The fraction of sp³-hybridized carbons (Fsp3) is 0.214. The van der Waals surface area contributed by atoms with Gasteiger partial charge < -0.3 is 10.5 Å². The number of hydrogen-bond donors (Lipinski definition) is 1. The van der Waals surface area contributed by atoms with Crippen LogP contribution in [0, 0.1) is 5.82 Å². The minimum absolute atomic E-state index is 0.0959. The highest BCUT2D eigenvalue weighted by Gasteiger charge is 2.13. The molecule has 0 bridgehead atoms. The van der Waals surface area contributed by atoms with Crippen molar-refractivity contribution in [1.82, 2.24) is 0 Å². The van der Waals surface area contributed by atoms with Crippen LogP contribution in [0.4, 0.5) is 10.1 Å². The van der Waals surface area contributed by atoms with Gasteiger partial charge in [0.15, 0.2) is 0 Å². The van der Waals surface area contributed by atoms with Crippen LogP contribution < -0.4 is 5.73 Å². The van der Waals surface area contributed by atoms with Crippen molar-refractivity contribution >= 4 is 23.0 Å². The zero-order valence-electron chi connectivity index (χ0n) is 10.5. The molecular weight excluding hydrogens is 265 g/mol. The lowest BCUT2D eigenvalue weighted by Gasteiger charge is -2.05. The maximum absolute atomic E-state index is 13.5. The monoisotopic (exact) mass is 279 g/mol. The minimum atomic E-state index is -0.677. The van der Waals surface area contributed by atoms with E-state index < -0.39 is 11.8 Å². The van der Waals surface area contributed by atoms with E-state index in [4.69, 9.17) is 10.5 Å². The van der Waals surface area contributed by atoms with Gasteiger partial charge in [0.05, 0.1) is 5.56 Å². The number of rotatable bonds is 4. The predicted molar refractivity (Wildman–Crippen MR) is 73.6 cm³/mol. The average Bonchev–Trinajstić information content (AvgIpc) is 2.84. The summed E-state index contributed by atoms with van der Waals surface area (Å²) in [5.74, 6) is -1.34. The number of hydrogen-bond acceptors (Lipinski definition) is 4. The lowest BCUT2D eigenvalue weighted by molar-refractivity contribution is 0.0471. The van der Waals surface area contributed by atoms with Gasteiger partial charge in [-0.3, -0.25) is 0 Å². The predicted octanol–water partition coefficient (Wildman–Crippen LogP) is 3.39. The number of halogens is 1. The third-order valence-electron chi connectivity index (χ3n) is 2.62. The first-order valence-corrected chi connectivity index (χ1v) is 6.71. The molecule has 3 nitrogen and oxygen atoms in total. The van der Waals surface area contributed by atoms with E-state index in [1.165, 1.54) is 17.0 Å². The summed E-state index contributed by atoms with van der Waals surface area (Å²) in [6.07, 6.45) is 0.950. The zero-order chi connectivity index (χ0) is 13.8. The summed E-state index contributed by atoms with van der Waals surface area (Å²) >= 11 is 1.59. The van der Waals surface area contributed by atoms with Crippen molar-refractivity contribution in [2.24, 2.45) is 0 Å². The summed E-state index contributed by atoms with van der Waals surface area (Å²) in [5, 5.41) is 0. The molecule has 0 radical (unpaired) electrons. The van der Waals surface area contributed by atoms with E-state index in [2.05, 4.69) is 6.92 Å². The number of carbonyl (C=O) groups is 1. The second-order valence-corrected chi connectivity index (χ2v) is 5.29. The van der Waals surface area contributed by atoms with Crippen molar-refractivity contribution in [2.45, 2.75) is 20.0 Å². The van der Waals surface area contributed by atoms with Crippen LogP contribution in [0.15, 0.2) is 30.3 Å². The van der Waals surface area contributed by atoms with Gasteiger partial charge >= 0.3 is 5.97 Å². The first-order chi connectivity index (χ1) is 9.10. The van der Waals surface area contributed by atoms with E-state index >= 15 is 0 Å². The standard InChI is InChI=1S/C14H14FNO2S/c1-2-10-4-5-11(19-10)8-18-14(17)12-6-3-9(16)7-13(12)15/h3-7H,2,8,16H2,1H3. The molecule has 0 fully saturated rings. The summed E-state index contributed by atoms with van der Waals surface area (Å²) in [7, 11) is 0. The number of aryl methyl sites for hydroxylation is 1. The van der Waals surface area contributed by atoms with Gasteiger partial charge in [0, 0.05) is 15.4 Å². The number of nitrogen functional groups attached to an aromatic ring is 1. The Morgan fingerprint density at radius 2 is 2.05 bits per heavy atom. The van der Waals surface area contributed by atoms with Crippen LogP contribution in [0.3, 0.4) is 0 Å². The lowest BCUT2D eigenvalue weighted by Crippen LogP contribution is -2.07. The molecule has 0 atom stereocenters. The third kappa shape index (κ3) is 3.32. The molecule has 2 rings (SSSR count). The molecule has 2 aromatic rings. The average molecular weight is 279 g/mol. The van der Waals surface area contributed by atoms with Gasteiger partial charge in [-0.05, 0) is 36.8 Å². The van der Waals surface area contributed by atoms with Crippen molar-refractivity contribution in [2.75, 3.05) is 5.73 Å². The Morgan fingerprint density at radius 1 is 1.32 bits per heavy atom. The molecule has 19 heavy (non-hydrogen) atoms. The molecule has 0 saturated carbocycles. The quantitative estimate of drug-likeness (QED) is 0.689. The molecule has 1 heterocycles. The highest BCUT2D eigenvalue weighted by molar-refractivity contribution is 7.11. The third-order valence-corrected chi connectivity index (χ3v) is 3.83. The van der Waals surface area contributed by atoms with Gasteiger partial charge in [0.1, 0.15) is 12.4 Å². The summed E-state index contributed by atoms with van der Waals surface area (Å²) < 4.78 is 18.6. The highest BCUT2D eigenvalue weighted by Crippen LogP contribution is 2.19. The van der Waals surface area contributed by atoms with Crippen molar-refractivity contribution in [1.29, 1.82) is 0 Å². The van der Waals surface area contributed by atoms with E-state index in [-0.39, 0.29) is 17.9 Å². The first kappa shape index (κ1) is 13.5. The van der Waals surface area contributed by atoms with Crippen LogP contribution >= 0.6 is 11.3 Å². The lowest BCUT2D eigenvalue weighted by atomic mass is 10.2. The van der Waals surface area contributed by atoms with Crippen LogP contribution in [-0.4, -0.2) is 5.97 Å². The molecular formula is C14H14FNO2S. The number of thiophene rings is 1. The minimum Gasteiger partial charge on any atom is -0.456 e. The molecule has 2 N–H and O–H groups in total. The summed E-state index contributed by atoms with van der Waals surface area (Å²) in [5.41, 5.74) is 5.60. The van der Waals surface area contributed by atoms with Gasteiger partial charge in [0.25, 0.3) is 0 Å². The van der Waals surface area contributed by atoms with E-state index in [1.54, 1.807) is 11.3 Å². The van der Waals surface area contributed by atoms with Crippen molar-refractivity contribution in [3.05, 3.63) is 51.5 Å². The Morgan fingerprint density at radius 3 is 2.68 bits per heavy atom. The van der Waals surface area contributed by atoms with Gasteiger partial charge in [-0.25, -0.2) is 9.18 Å². The van der Waals surface area contributed by atoms with Crippen LogP contribution in [0.5, 0.6) is 0 Å². The molecule has 0 aliphatic heterocycles. The SMILES string of the molecule is CCc1ccc(COC(=O)c2ccc(N)cc2F)s1. The second-order valence-electron chi connectivity index (χ2n) is 4.04. The summed E-state index contributed by atoms with van der Waals surface area (Å²) in [6.45, 7) is 2.22. The Balaban J connectivity index is 2.01. The van der Waals surface area contributed by atoms with Crippen LogP contribution in [-0.2, 0) is 17.8 Å². The highest BCUT2D eigenvalue weighted by atomic mass is 32.1. The first-order valence-electron chi connectivity index (χ1n) is 5.90. The molecule has 100 valence electrons.